The maximum Gasteiger partial charge on any atom is 0.00695 e. The van der Waals surface area contributed by atoms with Crippen molar-refractivity contribution in [2.24, 2.45) is 0 Å². The molecule has 0 aliphatic heterocycles. The molecule has 0 bridgehead atoms. The fourth-order valence-corrected chi connectivity index (χ4v) is 1.75. The fourth-order valence-electron chi connectivity index (χ4n) is 1.34. The standard InChI is InChI=1S/C13H11S/c1-14-13-9-7-12(8-10-13)11-5-3-2-4-6-11/h2-5,7-10H,1H3. The lowest BCUT2D eigenvalue weighted by molar-refractivity contribution is 1.46. The minimum Gasteiger partial charge on any atom is -0.130 e. The Morgan fingerprint density at radius 2 is 1.79 bits per heavy atom. The molecule has 0 N–H and O–H groups in total. The van der Waals surface area contributed by atoms with Gasteiger partial charge in [0.1, 0.15) is 0 Å². The monoisotopic (exact) mass is 199 g/mol. The summed E-state index contributed by atoms with van der Waals surface area (Å²) in [5, 5.41) is 0. The van der Waals surface area contributed by atoms with Gasteiger partial charge in [0, 0.05) is 4.90 Å². The van der Waals surface area contributed by atoms with Crippen molar-refractivity contribution >= 4 is 11.8 Å². The van der Waals surface area contributed by atoms with Crippen LogP contribution in [0.25, 0.3) is 11.1 Å². The average molecular weight is 199 g/mol. The smallest absolute Gasteiger partial charge is 0.00695 e. The average Bonchev–Trinajstić information content (AvgIpc) is 2.30. The Labute approximate surface area is 89.0 Å². The molecule has 14 heavy (non-hydrogen) atoms. The normalized spacial score (nSPS) is 10.1. The summed E-state index contributed by atoms with van der Waals surface area (Å²) in [4.78, 5) is 1.30. The van der Waals surface area contributed by atoms with Crippen LogP contribution in [0.1, 0.15) is 0 Å². The van der Waals surface area contributed by atoms with Crippen LogP contribution in [0.5, 0.6) is 0 Å². The predicted molar refractivity (Wildman–Crippen MR) is 62.5 cm³/mol. The minimum atomic E-state index is 1.15. The van der Waals surface area contributed by atoms with Crippen LogP contribution in [-0.4, -0.2) is 6.26 Å². The van der Waals surface area contributed by atoms with E-state index in [1.165, 1.54) is 10.5 Å². The molecule has 0 spiro atoms. The highest BCUT2D eigenvalue weighted by Crippen LogP contribution is 2.22. The van der Waals surface area contributed by atoms with Crippen molar-refractivity contribution in [3.8, 4) is 11.1 Å². The highest BCUT2D eigenvalue weighted by molar-refractivity contribution is 7.98. The number of benzene rings is 2. The van der Waals surface area contributed by atoms with Crippen LogP contribution in [0.2, 0.25) is 0 Å². The van der Waals surface area contributed by atoms with E-state index >= 15 is 0 Å². The second-order valence-corrected chi connectivity index (χ2v) is 3.88. The Kier molecular flexibility index (Phi) is 2.90. The Balaban J connectivity index is 2.34. The Bertz CT molecular complexity index is 389. The van der Waals surface area contributed by atoms with E-state index in [-0.39, 0.29) is 0 Å². The lowest BCUT2D eigenvalue weighted by atomic mass is 10.1. The summed E-state index contributed by atoms with van der Waals surface area (Å²) >= 11 is 1.76. The molecule has 0 saturated carbocycles. The third-order valence-corrected chi connectivity index (χ3v) is 2.85. The summed E-state index contributed by atoms with van der Waals surface area (Å²) in [6, 6.07) is 19.8. The van der Waals surface area contributed by atoms with Crippen LogP contribution < -0.4 is 0 Å². The van der Waals surface area contributed by atoms with Gasteiger partial charge in [-0.15, -0.1) is 11.8 Å². The second-order valence-electron chi connectivity index (χ2n) is 3.00. The minimum absolute atomic E-state index is 1.15. The molecule has 0 heterocycles. The highest BCUT2D eigenvalue weighted by Gasteiger charge is 1.95. The SMILES string of the molecule is CSc1ccc(-c2[c]cccc2)cc1. The van der Waals surface area contributed by atoms with Crippen molar-refractivity contribution in [2.45, 2.75) is 4.90 Å². The van der Waals surface area contributed by atoms with Gasteiger partial charge in [-0.05, 0) is 35.6 Å². The molecule has 0 unspecified atom stereocenters. The maximum atomic E-state index is 3.22. The second kappa shape index (κ2) is 4.34. The molecule has 0 fully saturated rings. The van der Waals surface area contributed by atoms with E-state index in [9.17, 15) is 0 Å². The lowest BCUT2D eigenvalue weighted by Crippen LogP contribution is -1.76. The van der Waals surface area contributed by atoms with Crippen molar-refractivity contribution in [1.82, 2.24) is 0 Å². The summed E-state index contributed by atoms with van der Waals surface area (Å²) in [6.07, 6.45) is 2.09. The molecule has 2 rings (SSSR count). The summed E-state index contributed by atoms with van der Waals surface area (Å²) in [5.74, 6) is 0. The molecule has 2 aromatic carbocycles. The first kappa shape index (κ1) is 9.35. The zero-order chi connectivity index (χ0) is 9.80. The fraction of sp³-hybridized carbons (Fsp3) is 0.0769. The Morgan fingerprint density at radius 3 is 2.36 bits per heavy atom. The molecule has 0 atom stereocenters. The van der Waals surface area contributed by atoms with Crippen LogP contribution in [0.15, 0.2) is 53.4 Å². The molecule has 1 radical (unpaired) electrons. The molecule has 0 nitrogen and oxygen atoms in total. The largest absolute Gasteiger partial charge is 0.130 e. The van der Waals surface area contributed by atoms with Crippen LogP contribution in [0, 0.1) is 6.07 Å². The predicted octanol–water partition coefficient (Wildman–Crippen LogP) is 3.88. The van der Waals surface area contributed by atoms with Crippen molar-refractivity contribution < 1.29 is 0 Å². The Morgan fingerprint density at radius 1 is 1.00 bits per heavy atom. The quantitative estimate of drug-likeness (QED) is 0.661. The van der Waals surface area contributed by atoms with Gasteiger partial charge in [0.15, 0.2) is 0 Å². The maximum absolute atomic E-state index is 3.22. The van der Waals surface area contributed by atoms with Crippen molar-refractivity contribution in [2.75, 3.05) is 6.26 Å². The van der Waals surface area contributed by atoms with Gasteiger partial charge >= 0.3 is 0 Å². The molecular formula is C13H11S. The molecule has 0 aliphatic rings. The van der Waals surface area contributed by atoms with Gasteiger partial charge in [0.05, 0.1) is 0 Å². The van der Waals surface area contributed by atoms with Crippen LogP contribution >= 0.6 is 11.8 Å². The first-order valence-electron chi connectivity index (χ1n) is 4.51. The number of hydrogen-bond acceptors (Lipinski definition) is 1. The molecule has 0 aromatic heterocycles. The van der Waals surface area contributed by atoms with E-state index in [1.807, 2.05) is 18.2 Å². The summed E-state index contributed by atoms with van der Waals surface area (Å²) in [7, 11) is 0. The zero-order valence-corrected chi connectivity index (χ0v) is 8.84. The van der Waals surface area contributed by atoms with E-state index in [4.69, 9.17) is 0 Å². The molecule has 0 aliphatic carbocycles. The van der Waals surface area contributed by atoms with Crippen LogP contribution in [-0.2, 0) is 0 Å². The van der Waals surface area contributed by atoms with E-state index < -0.39 is 0 Å². The summed E-state index contributed by atoms with van der Waals surface area (Å²) in [5.41, 5.74) is 2.38. The molecule has 0 amide bonds. The van der Waals surface area contributed by atoms with Gasteiger partial charge in [0.25, 0.3) is 0 Å². The van der Waals surface area contributed by atoms with Gasteiger partial charge in [-0.25, -0.2) is 0 Å². The Hall–Kier alpha value is -1.21. The van der Waals surface area contributed by atoms with E-state index in [0.29, 0.717) is 0 Å². The summed E-state index contributed by atoms with van der Waals surface area (Å²) in [6.45, 7) is 0. The van der Waals surface area contributed by atoms with Crippen LogP contribution in [0.4, 0.5) is 0 Å². The van der Waals surface area contributed by atoms with Gasteiger partial charge < -0.3 is 0 Å². The van der Waals surface area contributed by atoms with Gasteiger partial charge in [-0.2, -0.15) is 0 Å². The number of thioether (sulfide) groups is 1. The highest BCUT2D eigenvalue weighted by atomic mass is 32.2. The number of rotatable bonds is 2. The lowest BCUT2D eigenvalue weighted by Gasteiger charge is -2.01. The molecule has 2 aromatic rings. The van der Waals surface area contributed by atoms with Crippen LogP contribution in [0.3, 0.4) is 0 Å². The molecule has 69 valence electrons. The molecular weight excluding hydrogens is 188 g/mol. The molecule has 1 heteroatoms. The van der Waals surface area contributed by atoms with Gasteiger partial charge in [-0.1, -0.05) is 36.4 Å². The topological polar surface area (TPSA) is 0 Å². The van der Waals surface area contributed by atoms with E-state index in [2.05, 4.69) is 42.7 Å². The first-order valence-corrected chi connectivity index (χ1v) is 5.74. The van der Waals surface area contributed by atoms with Crippen molar-refractivity contribution in [1.29, 1.82) is 0 Å². The van der Waals surface area contributed by atoms with E-state index in [1.54, 1.807) is 11.8 Å². The van der Waals surface area contributed by atoms with Gasteiger partial charge in [0.2, 0.25) is 0 Å². The zero-order valence-electron chi connectivity index (χ0n) is 8.03. The van der Waals surface area contributed by atoms with Crippen molar-refractivity contribution in [3.63, 3.8) is 0 Å². The third-order valence-electron chi connectivity index (χ3n) is 2.11. The van der Waals surface area contributed by atoms with E-state index in [0.717, 1.165) is 5.56 Å². The summed E-state index contributed by atoms with van der Waals surface area (Å²) < 4.78 is 0. The van der Waals surface area contributed by atoms with Gasteiger partial charge in [-0.3, -0.25) is 0 Å². The third kappa shape index (κ3) is 1.99. The first-order chi connectivity index (χ1) is 6.90. The van der Waals surface area contributed by atoms with Crippen molar-refractivity contribution in [3.05, 3.63) is 54.6 Å². The number of hydrogen-bond donors (Lipinski definition) is 0. The molecule has 0 saturated heterocycles.